The Hall–Kier alpha value is -0.690. The molecule has 0 bridgehead atoms. The van der Waals surface area contributed by atoms with Crippen LogP contribution in [0.4, 0.5) is 0 Å². The van der Waals surface area contributed by atoms with Crippen molar-refractivity contribution in [1.82, 2.24) is 0 Å². The molecule has 0 amide bonds. The first-order valence-corrected chi connectivity index (χ1v) is 16.2. The molecule has 4 aliphatic carbocycles. The minimum atomic E-state index is -1.25. The van der Waals surface area contributed by atoms with Gasteiger partial charge >= 0.3 is 5.97 Å². The molecule has 0 radical (unpaired) electrons. The first-order valence-electron chi connectivity index (χ1n) is 16.2. The van der Waals surface area contributed by atoms with Crippen LogP contribution in [0.3, 0.4) is 0 Å². The second kappa shape index (κ2) is 9.40. The normalized spacial score (nSPS) is 49.8. The molecular weight excluding hydrogens is 504 g/mol. The van der Waals surface area contributed by atoms with Gasteiger partial charge in [0, 0.05) is 6.92 Å². The number of ether oxygens (including phenoxy) is 2. The third kappa shape index (κ3) is 3.97. The Morgan fingerprint density at radius 1 is 1.05 bits per heavy atom. The van der Waals surface area contributed by atoms with Crippen LogP contribution in [0, 0.1) is 50.7 Å². The molecule has 6 nitrogen and oxygen atoms in total. The summed E-state index contributed by atoms with van der Waals surface area (Å²) in [6.07, 6.45) is 6.28. The van der Waals surface area contributed by atoms with E-state index in [2.05, 4.69) is 48.5 Å². The van der Waals surface area contributed by atoms with Crippen molar-refractivity contribution in [2.24, 2.45) is 50.7 Å². The van der Waals surface area contributed by atoms with E-state index in [0.717, 1.165) is 19.3 Å². The number of esters is 1. The highest BCUT2D eigenvalue weighted by Gasteiger charge is 2.79. The van der Waals surface area contributed by atoms with Gasteiger partial charge < -0.3 is 24.8 Å². The topological polar surface area (TPSA) is 96.2 Å². The second-order valence-corrected chi connectivity index (χ2v) is 16.9. The van der Waals surface area contributed by atoms with Gasteiger partial charge in [0.15, 0.2) is 6.10 Å². The third-order valence-electron chi connectivity index (χ3n) is 14.3. The molecule has 5 rings (SSSR count). The van der Waals surface area contributed by atoms with Gasteiger partial charge in [-0.05, 0) is 110 Å². The van der Waals surface area contributed by atoms with Crippen LogP contribution in [0.1, 0.15) is 121 Å². The predicted octanol–water partition coefficient (Wildman–Crippen LogP) is 5.89. The lowest BCUT2D eigenvalue weighted by molar-refractivity contribution is -0.216. The number of hydrogen-bond donors (Lipinski definition) is 3. The average Bonchev–Trinajstić information content (AvgIpc) is 3.33. The molecule has 5 aliphatic rings. The third-order valence-corrected chi connectivity index (χ3v) is 14.3. The molecule has 5 fully saturated rings. The Morgan fingerprint density at radius 2 is 1.70 bits per heavy atom. The van der Waals surface area contributed by atoms with Gasteiger partial charge in [-0.3, -0.25) is 4.79 Å². The molecule has 230 valence electrons. The lowest BCUT2D eigenvalue weighted by atomic mass is 9.52. The Labute approximate surface area is 243 Å². The summed E-state index contributed by atoms with van der Waals surface area (Å²) in [4.78, 5) is 11.9. The zero-order valence-corrected chi connectivity index (χ0v) is 26.9. The predicted molar refractivity (Wildman–Crippen MR) is 155 cm³/mol. The zero-order chi connectivity index (χ0) is 29.8. The van der Waals surface area contributed by atoms with Gasteiger partial charge in [-0.25, -0.2) is 0 Å². The standard InChI is InChI=1S/C34H58O6/c1-19-18-22(28(31(8,9)38)39-21(3)35)40-26-25(19)32(10,30(6,7)27(26)37)16-17-33-14-11-12-23-29(4,5)24(36)13-15-34(23,33)20(33)2/h19-20,22-28,36-38H,11-18H2,1-10H3/t19-,20+,22-,23+,24+,25-,26+,27+,28+,32-,33+,34-/m1/s1. The quantitative estimate of drug-likeness (QED) is 0.350. The maximum Gasteiger partial charge on any atom is 0.303 e. The Morgan fingerprint density at radius 3 is 2.30 bits per heavy atom. The molecule has 1 aliphatic heterocycles. The lowest BCUT2D eigenvalue weighted by Crippen LogP contribution is -2.55. The summed E-state index contributed by atoms with van der Waals surface area (Å²) in [7, 11) is 0. The number of hydrogen-bond acceptors (Lipinski definition) is 6. The van der Waals surface area contributed by atoms with Crippen LogP contribution in [0.2, 0.25) is 0 Å². The highest BCUT2D eigenvalue weighted by atomic mass is 16.6. The molecule has 4 saturated carbocycles. The minimum absolute atomic E-state index is 0.0355. The summed E-state index contributed by atoms with van der Waals surface area (Å²) in [5.74, 6) is 1.25. The minimum Gasteiger partial charge on any atom is -0.457 e. The van der Waals surface area contributed by atoms with Gasteiger partial charge in [-0.1, -0.05) is 54.9 Å². The van der Waals surface area contributed by atoms with Crippen LogP contribution in [0.15, 0.2) is 0 Å². The van der Waals surface area contributed by atoms with E-state index in [1.54, 1.807) is 13.8 Å². The van der Waals surface area contributed by atoms with Crippen LogP contribution < -0.4 is 0 Å². The molecule has 1 heterocycles. The first kappa shape index (κ1) is 30.8. The Balaban J connectivity index is 1.41. The first-order chi connectivity index (χ1) is 18.3. The van der Waals surface area contributed by atoms with E-state index < -0.39 is 29.9 Å². The summed E-state index contributed by atoms with van der Waals surface area (Å²) >= 11 is 0. The van der Waals surface area contributed by atoms with E-state index in [-0.39, 0.29) is 40.3 Å². The summed E-state index contributed by atoms with van der Waals surface area (Å²) in [5.41, 5.74) is -1.09. The average molecular weight is 563 g/mol. The fourth-order valence-corrected chi connectivity index (χ4v) is 11.8. The van der Waals surface area contributed by atoms with Crippen LogP contribution in [0.25, 0.3) is 0 Å². The molecule has 12 atom stereocenters. The monoisotopic (exact) mass is 562 g/mol. The van der Waals surface area contributed by atoms with E-state index in [4.69, 9.17) is 9.47 Å². The molecule has 0 aromatic carbocycles. The highest BCUT2D eigenvalue weighted by molar-refractivity contribution is 5.66. The maximum atomic E-state index is 11.9. The van der Waals surface area contributed by atoms with Crippen LogP contribution >= 0.6 is 0 Å². The van der Waals surface area contributed by atoms with E-state index in [1.165, 1.54) is 32.6 Å². The van der Waals surface area contributed by atoms with Crippen LogP contribution in [0.5, 0.6) is 0 Å². The van der Waals surface area contributed by atoms with Gasteiger partial charge in [0.1, 0.15) is 0 Å². The van der Waals surface area contributed by atoms with Gasteiger partial charge in [-0.2, -0.15) is 0 Å². The molecule has 1 saturated heterocycles. The van der Waals surface area contributed by atoms with E-state index >= 15 is 0 Å². The number of carbonyl (C=O) groups is 1. The summed E-state index contributed by atoms with van der Waals surface area (Å²) < 4.78 is 12.3. The number of rotatable bonds is 6. The number of aliphatic hydroxyl groups is 3. The van der Waals surface area contributed by atoms with Crippen molar-refractivity contribution in [3.63, 3.8) is 0 Å². The summed E-state index contributed by atoms with van der Waals surface area (Å²) in [6.45, 7) is 20.9. The van der Waals surface area contributed by atoms with Gasteiger partial charge in [0.2, 0.25) is 0 Å². The van der Waals surface area contributed by atoms with E-state index in [1.807, 2.05) is 0 Å². The van der Waals surface area contributed by atoms with Crippen molar-refractivity contribution in [2.75, 3.05) is 0 Å². The maximum absolute atomic E-state index is 11.9. The molecule has 0 unspecified atom stereocenters. The summed E-state index contributed by atoms with van der Waals surface area (Å²) in [6, 6.07) is 0. The van der Waals surface area contributed by atoms with Crippen LogP contribution in [-0.2, 0) is 14.3 Å². The number of aliphatic hydroxyl groups excluding tert-OH is 2. The second-order valence-electron chi connectivity index (χ2n) is 16.9. The van der Waals surface area contributed by atoms with Gasteiger partial charge in [0.05, 0.1) is 30.0 Å². The van der Waals surface area contributed by atoms with Crippen molar-refractivity contribution in [1.29, 1.82) is 0 Å². The van der Waals surface area contributed by atoms with Crippen molar-refractivity contribution in [2.45, 2.75) is 157 Å². The number of fused-ring (bicyclic) bond motifs is 1. The highest BCUT2D eigenvalue weighted by Crippen LogP contribution is 2.85. The van der Waals surface area contributed by atoms with E-state index in [9.17, 15) is 20.1 Å². The lowest BCUT2D eigenvalue weighted by Gasteiger charge is -2.53. The molecule has 40 heavy (non-hydrogen) atoms. The molecule has 0 aromatic rings. The van der Waals surface area contributed by atoms with Crippen molar-refractivity contribution in [3.8, 4) is 0 Å². The SMILES string of the molecule is CC(=O)O[C@@H]([C@H]1C[C@@H](C)[C@@H]2[C@H](O1)[C@H](O)C(C)(C)[C@]2(C)CC[C@]12CCC[C@H]3C(C)(C)[C@@H](O)CC[C@@]31[C@H]2C)C(C)(C)O. The van der Waals surface area contributed by atoms with Crippen LogP contribution in [-0.4, -0.2) is 57.4 Å². The Bertz CT molecular complexity index is 999. The van der Waals surface area contributed by atoms with Gasteiger partial charge in [0.25, 0.3) is 0 Å². The molecule has 6 heteroatoms. The smallest absolute Gasteiger partial charge is 0.303 e. The van der Waals surface area contributed by atoms with E-state index in [0.29, 0.717) is 29.1 Å². The fraction of sp³-hybridized carbons (Fsp3) is 0.971. The Kier molecular flexibility index (Phi) is 7.23. The van der Waals surface area contributed by atoms with Gasteiger partial charge in [-0.15, -0.1) is 0 Å². The largest absolute Gasteiger partial charge is 0.457 e. The van der Waals surface area contributed by atoms with Crippen molar-refractivity contribution < 1.29 is 29.6 Å². The molecule has 1 spiro atoms. The number of carbonyl (C=O) groups excluding carboxylic acids is 1. The molecular formula is C34H58O6. The van der Waals surface area contributed by atoms with Crippen molar-refractivity contribution in [3.05, 3.63) is 0 Å². The summed E-state index contributed by atoms with van der Waals surface area (Å²) in [5, 5.41) is 33.6. The zero-order valence-electron chi connectivity index (χ0n) is 26.9. The molecule has 3 N–H and O–H groups in total. The fourth-order valence-electron chi connectivity index (χ4n) is 11.8. The molecule has 0 aromatic heterocycles. The van der Waals surface area contributed by atoms with Crippen molar-refractivity contribution >= 4 is 5.97 Å².